The van der Waals surface area contributed by atoms with Gasteiger partial charge in [0.1, 0.15) is 11.6 Å². The molecule has 2 aliphatic rings. The van der Waals surface area contributed by atoms with Crippen LogP contribution in [0.4, 0.5) is 21.6 Å². The molecule has 2 aliphatic heterocycles. The third-order valence-corrected chi connectivity index (χ3v) is 6.44. The van der Waals surface area contributed by atoms with Crippen LogP contribution < -0.4 is 15.1 Å². The molecule has 1 N–H and O–H groups in total. The maximum Gasteiger partial charge on any atom is 0.227 e. The Bertz CT molecular complexity index is 1110. The molecule has 2 aromatic carbocycles. The zero-order chi connectivity index (χ0) is 23.3. The lowest BCUT2D eigenvalue weighted by molar-refractivity contribution is -0.120. The molecule has 0 saturated carbocycles. The average Bonchev–Trinajstić information content (AvgIpc) is 2.90. The quantitative estimate of drug-likeness (QED) is 0.620. The molecule has 2 fully saturated rings. The number of carbonyl (C=O) groups is 1. The monoisotopic (exact) mass is 461 g/mol. The summed E-state index contributed by atoms with van der Waals surface area (Å²) in [4.78, 5) is 26.3. The van der Waals surface area contributed by atoms with E-state index in [4.69, 9.17) is 4.74 Å². The van der Waals surface area contributed by atoms with E-state index in [1.54, 1.807) is 18.3 Å². The molecule has 3 heterocycles. The van der Waals surface area contributed by atoms with Gasteiger partial charge in [0.05, 0.1) is 13.2 Å². The lowest BCUT2D eigenvalue weighted by Crippen LogP contribution is -2.38. The molecule has 176 valence electrons. The smallest absolute Gasteiger partial charge is 0.227 e. The number of anilines is 3. The number of piperidine rings is 1. The van der Waals surface area contributed by atoms with Crippen molar-refractivity contribution in [1.29, 1.82) is 0 Å². The van der Waals surface area contributed by atoms with E-state index in [0.717, 1.165) is 75.0 Å². The minimum Gasteiger partial charge on any atom is -0.378 e. The molecule has 7 nitrogen and oxygen atoms in total. The first-order valence-corrected chi connectivity index (χ1v) is 11.7. The Labute approximate surface area is 198 Å². The topological polar surface area (TPSA) is 70.6 Å². The van der Waals surface area contributed by atoms with Crippen LogP contribution in [-0.2, 0) is 9.53 Å². The van der Waals surface area contributed by atoms with Crippen LogP contribution in [0.3, 0.4) is 0 Å². The van der Waals surface area contributed by atoms with Crippen molar-refractivity contribution in [3.63, 3.8) is 0 Å². The van der Waals surface area contributed by atoms with Crippen LogP contribution >= 0.6 is 0 Å². The molecule has 0 aliphatic carbocycles. The van der Waals surface area contributed by atoms with E-state index >= 15 is 0 Å². The first kappa shape index (κ1) is 22.3. The zero-order valence-electron chi connectivity index (χ0n) is 19.0. The van der Waals surface area contributed by atoms with Crippen LogP contribution in [0.25, 0.3) is 11.4 Å². The van der Waals surface area contributed by atoms with Crippen molar-refractivity contribution in [3.05, 3.63) is 66.6 Å². The SMILES string of the molecule is O=C(Nc1ccc(N2CCOCC2)cc1)C1CCN(c2ccnc(-c3ccc(F)cc3)n2)CC1. The first-order chi connectivity index (χ1) is 16.7. The van der Waals surface area contributed by atoms with E-state index in [0.29, 0.717) is 5.82 Å². The van der Waals surface area contributed by atoms with Gasteiger partial charge >= 0.3 is 0 Å². The van der Waals surface area contributed by atoms with Crippen LogP contribution in [0.2, 0.25) is 0 Å². The Morgan fingerprint density at radius 3 is 2.32 bits per heavy atom. The molecule has 2 saturated heterocycles. The van der Waals surface area contributed by atoms with E-state index in [1.165, 1.54) is 12.1 Å². The van der Waals surface area contributed by atoms with Crippen LogP contribution in [0.5, 0.6) is 0 Å². The van der Waals surface area contributed by atoms with Gasteiger partial charge in [-0.05, 0) is 67.4 Å². The molecular formula is C26H28FN5O2. The van der Waals surface area contributed by atoms with Crippen LogP contribution in [0.1, 0.15) is 12.8 Å². The highest BCUT2D eigenvalue weighted by molar-refractivity contribution is 5.92. The average molecular weight is 462 g/mol. The van der Waals surface area contributed by atoms with E-state index < -0.39 is 0 Å². The number of morpholine rings is 1. The second-order valence-electron chi connectivity index (χ2n) is 8.64. The first-order valence-electron chi connectivity index (χ1n) is 11.7. The molecule has 0 spiro atoms. The van der Waals surface area contributed by atoms with Gasteiger partial charge in [-0.2, -0.15) is 0 Å². The molecule has 1 aromatic heterocycles. The Hall–Kier alpha value is -3.52. The summed E-state index contributed by atoms with van der Waals surface area (Å²) in [5, 5.41) is 3.07. The molecule has 0 radical (unpaired) electrons. The second kappa shape index (κ2) is 10.2. The summed E-state index contributed by atoms with van der Waals surface area (Å²) < 4.78 is 18.6. The maximum atomic E-state index is 13.2. The number of ether oxygens (including phenoxy) is 1. The summed E-state index contributed by atoms with van der Waals surface area (Å²) >= 11 is 0. The lowest BCUT2D eigenvalue weighted by Gasteiger charge is -2.32. The zero-order valence-corrected chi connectivity index (χ0v) is 19.0. The molecule has 1 amide bonds. The number of aromatic nitrogens is 2. The Morgan fingerprint density at radius 2 is 1.62 bits per heavy atom. The highest BCUT2D eigenvalue weighted by Gasteiger charge is 2.26. The number of hydrogen-bond donors (Lipinski definition) is 1. The summed E-state index contributed by atoms with van der Waals surface area (Å²) in [6.45, 7) is 4.77. The van der Waals surface area contributed by atoms with Gasteiger partial charge in [-0.25, -0.2) is 14.4 Å². The summed E-state index contributed by atoms with van der Waals surface area (Å²) in [7, 11) is 0. The van der Waals surface area contributed by atoms with Crippen molar-refractivity contribution >= 4 is 23.1 Å². The van der Waals surface area contributed by atoms with E-state index in [-0.39, 0.29) is 17.6 Å². The number of amides is 1. The Balaban J connectivity index is 1.16. The summed E-state index contributed by atoms with van der Waals surface area (Å²) in [5.41, 5.74) is 2.75. The van der Waals surface area contributed by atoms with Crippen LogP contribution in [-0.4, -0.2) is 55.3 Å². The van der Waals surface area contributed by atoms with Crippen molar-refractivity contribution in [2.45, 2.75) is 12.8 Å². The molecule has 8 heteroatoms. The number of carbonyl (C=O) groups excluding carboxylic acids is 1. The molecule has 5 rings (SSSR count). The van der Waals surface area contributed by atoms with Crippen molar-refractivity contribution in [2.24, 2.45) is 5.92 Å². The molecule has 0 unspecified atom stereocenters. The normalized spacial score (nSPS) is 17.0. The van der Waals surface area contributed by atoms with Gasteiger partial charge in [0.15, 0.2) is 5.82 Å². The fourth-order valence-corrected chi connectivity index (χ4v) is 4.46. The molecule has 3 aromatic rings. The highest BCUT2D eigenvalue weighted by Crippen LogP contribution is 2.26. The molecular weight excluding hydrogens is 433 g/mol. The highest BCUT2D eigenvalue weighted by atomic mass is 19.1. The maximum absolute atomic E-state index is 13.2. The fourth-order valence-electron chi connectivity index (χ4n) is 4.46. The van der Waals surface area contributed by atoms with Crippen LogP contribution in [0.15, 0.2) is 60.8 Å². The third-order valence-electron chi connectivity index (χ3n) is 6.44. The largest absolute Gasteiger partial charge is 0.378 e. The summed E-state index contributed by atoms with van der Waals surface area (Å²) in [6.07, 6.45) is 3.24. The van der Waals surface area contributed by atoms with Gasteiger partial charge in [0, 0.05) is 55.2 Å². The van der Waals surface area contributed by atoms with Crippen molar-refractivity contribution in [2.75, 3.05) is 54.5 Å². The standard InChI is InChI=1S/C26H28FN5O2/c27-21-3-1-19(2-4-21)25-28-12-9-24(30-25)32-13-10-20(11-14-32)26(33)29-22-5-7-23(8-6-22)31-15-17-34-18-16-31/h1-9,12,20H,10-11,13-18H2,(H,29,33). The number of hydrogen-bond acceptors (Lipinski definition) is 6. The lowest BCUT2D eigenvalue weighted by atomic mass is 9.95. The minimum atomic E-state index is -0.284. The van der Waals surface area contributed by atoms with Crippen molar-refractivity contribution < 1.29 is 13.9 Å². The van der Waals surface area contributed by atoms with Gasteiger partial charge in [0.25, 0.3) is 0 Å². The van der Waals surface area contributed by atoms with Gasteiger partial charge in [-0.3, -0.25) is 4.79 Å². The number of benzene rings is 2. The second-order valence-corrected chi connectivity index (χ2v) is 8.64. The summed E-state index contributed by atoms with van der Waals surface area (Å²) in [5.74, 6) is 1.14. The number of halogens is 1. The number of nitrogens with one attached hydrogen (secondary N) is 1. The molecule has 0 bridgehead atoms. The minimum absolute atomic E-state index is 0.0337. The number of rotatable bonds is 5. The van der Waals surface area contributed by atoms with E-state index in [2.05, 4.69) is 37.2 Å². The third kappa shape index (κ3) is 5.17. The fraction of sp³-hybridized carbons (Fsp3) is 0.346. The van der Waals surface area contributed by atoms with Crippen molar-refractivity contribution in [1.82, 2.24) is 9.97 Å². The predicted octanol–water partition coefficient (Wildman–Crippen LogP) is 3.97. The van der Waals surface area contributed by atoms with Crippen molar-refractivity contribution in [3.8, 4) is 11.4 Å². The number of nitrogens with zero attached hydrogens (tertiary/aromatic N) is 4. The Morgan fingerprint density at radius 1 is 0.912 bits per heavy atom. The van der Waals surface area contributed by atoms with E-state index in [1.807, 2.05) is 18.2 Å². The van der Waals surface area contributed by atoms with Gasteiger partial charge in [-0.1, -0.05) is 0 Å². The molecule has 0 atom stereocenters. The van der Waals surface area contributed by atoms with E-state index in [9.17, 15) is 9.18 Å². The predicted molar refractivity (Wildman–Crippen MR) is 130 cm³/mol. The van der Waals surface area contributed by atoms with Crippen LogP contribution in [0, 0.1) is 11.7 Å². The van der Waals surface area contributed by atoms with Gasteiger partial charge in [0.2, 0.25) is 5.91 Å². The summed E-state index contributed by atoms with van der Waals surface area (Å²) in [6, 6.07) is 16.1. The molecule has 34 heavy (non-hydrogen) atoms. The Kier molecular flexibility index (Phi) is 6.67. The van der Waals surface area contributed by atoms with Gasteiger partial charge in [-0.15, -0.1) is 0 Å². The van der Waals surface area contributed by atoms with Gasteiger partial charge < -0.3 is 19.9 Å².